The molecule has 0 aliphatic carbocycles. The molecule has 2 N–H and O–H groups in total. The van der Waals surface area contributed by atoms with Crippen LogP contribution >= 0.6 is 0 Å². The van der Waals surface area contributed by atoms with Crippen LogP contribution in [-0.4, -0.2) is 7.11 Å². The normalized spacial score (nSPS) is 11.3. The largest absolute Gasteiger partial charge is 0.494 e. The number of nitrogens with two attached hydrogens (primary N) is 1. The van der Waals surface area contributed by atoms with Crippen LogP contribution in [0.5, 0.6) is 5.75 Å². The number of azo groups is 1. The van der Waals surface area contributed by atoms with Gasteiger partial charge in [0.25, 0.3) is 0 Å². The summed E-state index contributed by atoms with van der Waals surface area (Å²) >= 11 is 0. The Morgan fingerprint density at radius 3 is 2.35 bits per heavy atom. The van der Waals surface area contributed by atoms with Gasteiger partial charge in [-0.05, 0) is 43.0 Å². The Hall–Kier alpha value is -2.88. The van der Waals surface area contributed by atoms with Gasteiger partial charge in [0.05, 0.1) is 12.8 Å². The van der Waals surface area contributed by atoms with Crippen molar-refractivity contribution in [2.45, 2.75) is 13.8 Å². The van der Waals surface area contributed by atoms with Crippen LogP contribution in [-0.2, 0) is 0 Å². The SMILES string of the molecule is COc1ccc2cc(C)ccc2c1N=Nc1ccc(C)cc1N. The second-order valence-electron chi connectivity index (χ2n) is 5.60. The van der Waals surface area contributed by atoms with Gasteiger partial charge in [-0.2, -0.15) is 0 Å². The second-order valence-corrected chi connectivity index (χ2v) is 5.60. The molecule has 0 heterocycles. The number of hydrogen-bond donors (Lipinski definition) is 1. The van der Waals surface area contributed by atoms with Crippen LogP contribution in [0.1, 0.15) is 11.1 Å². The van der Waals surface area contributed by atoms with Gasteiger partial charge in [-0.3, -0.25) is 0 Å². The Kier molecular flexibility index (Phi) is 3.98. The Balaban J connectivity index is 2.12. The highest BCUT2D eigenvalue weighted by molar-refractivity contribution is 5.95. The summed E-state index contributed by atoms with van der Waals surface area (Å²) in [6.07, 6.45) is 0. The van der Waals surface area contributed by atoms with E-state index < -0.39 is 0 Å². The van der Waals surface area contributed by atoms with Crippen molar-refractivity contribution in [1.82, 2.24) is 0 Å². The third kappa shape index (κ3) is 3.01. The van der Waals surface area contributed by atoms with E-state index in [-0.39, 0.29) is 0 Å². The molecule has 0 amide bonds. The van der Waals surface area contributed by atoms with Gasteiger partial charge >= 0.3 is 0 Å². The fourth-order valence-corrected chi connectivity index (χ4v) is 2.55. The fraction of sp³-hybridized carbons (Fsp3) is 0.158. The van der Waals surface area contributed by atoms with Crippen molar-refractivity contribution in [2.24, 2.45) is 10.2 Å². The van der Waals surface area contributed by atoms with Crippen LogP contribution in [0.2, 0.25) is 0 Å². The third-order valence-corrected chi connectivity index (χ3v) is 3.77. The molecular weight excluding hydrogens is 286 g/mol. The number of nitrogens with zero attached hydrogens (tertiary/aromatic N) is 2. The number of aryl methyl sites for hydroxylation is 2. The van der Waals surface area contributed by atoms with Gasteiger partial charge in [0, 0.05) is 5.39 Å². The van der Waals surface area contributed by atoms with E-state index in [9.17, 15) is 0 Å². The minimum absolute atomic E-state index is 0.615. The van der Waals surface area contributed by atoms with Gasteiger partial charge in [0.15, 0.2) is 0 Å². The number of rotatable bonds is 3. The van der Waals surface area contributed by atoms with Crippen LogP contribution in [0.4, 0.5) is 17.1 Å². The van der Waals surface area contributed by atoms with Crippen LogP contribution in [0.15, 0.2) is 58.8 Å². The Labute approximate surface area is 135 Å². The lowest BCUT2D eigenvalue weighted by Gasteiger charge is -2.08. The highest BCUT2D eigenvalue weighted by Crippen LogP contribution is 2.37. The minimum atomic E-state index is 0.615. The number of benzene rings is 3. The number of hydrogen-bond acceptors (Lipinski definition) is 4. The molecule has 4 nitrogen and oxygen atoms in total. The molecule has 0 saturated heterocycles. The second kappa shape index (κ2) is 6.08. The number of nitrogen functional groups attached to an aromatic ring is 1. The van der Waals surface area contributed by atoms with E-state index in [1.54, 1.807) is 7.11 Å². The maximum atomic E-state index is 6.00. The van der Waals surface area contributed by atoms with Crippen molar-refractivity contribution in [3.05, 3.63) is 59.7 Å². The molecule has 3 aromatic rings. The number of fused-ring (bicyclic) bond motifs is 1. The monoisotopic (exact) mass is 305 g/mol. The fourth-order valence-electron chi connectivity index (χ4n) is 2.55. The lowest BCUT2D eigenvalue weighted by atomic mass is 10.1. The molecule has 0 fully saturated rings. The molecule has 0 unspecified atom stereocenters. The summed E-state index contributed by atoms with van der Waals surface area (Å²) in [5, 5.41) is 10.8. The molecule has 0 radical (unpaired) electrons. The van der Waals surface area contributed by atoms with Crippen molar-refractivity contribution in [1.29, 1.82) is 0 Å². The van der Waals surface area contributed by atoms with E-state index in [1.807, 2.05) is 43.3 Å². The average molecular weight is 305 g/mol. The lowest BCUT2D eigenvalue weighted by molar-refractivity contribution is 0.416. The molecule has 4 heteroatoms. The van der Waals surface area contributed by atoms with Crippen LogP contribution in [0.3, 0.4) is 0 Å². The van der Waals surface area contributed by atoms with E-state index in [0.717, 1.165) is 16.3 Å². The van der Waals surface area contributed by atoms with Gasteiger partial charge in [0.2, 0.25) is 0 Å². The maximum absolute atomic E-state index is 6.00. The van der Waals surface area contributed by atoms with E-state index in [2.05, 4.69) is 29.3 Å². The summed E-state index contributed by atoms with van der Waals surface area (Å²) < 4.78 is 5.44. The van der Waals surface area contributed by atoms with Gasteiger partial charge in [0.1, 0.15) is 17.1 Å². The predicted molar refractivity (Wildman–Crippen MR) is 95.0 cm³/mol. The smallest absolute Gasteiger partial charge is 0.147 e. The first-order valence-electron chi connectivity index (χ1n) is 7.44. The van der Waals surface area contributed by atoms with Crippen molar-refractivity contribution in [3.63, 3.8) is 0 Å². The molecule has 0 saturated carbocycles. The number of ether oxygens (including phenoxy) is 1. The highest BCUT2D eigenvalue weighted by atomic mass is 16.5. The molecule has 0 aliphatic heterocycles. The van der Waals surface area contributed by atoms with Crippen molar-refractivity contribution < 1.29 is 4.74 Å². The summed E-state index contributed by atoms with van der Waals surface area (Å²) in [5.41, 5.74) is 10.3. The van der Waals surface area contributed by atoms with Crippen LogP contribution in [0, 0.1) is 13.8 Å². The summed E-state index contributed by atoms with van der Waals surface area (Å²) in [5.74, 6) is 0.691. The number of anilines is 1. The number of methoxy groups -OCH3 is 1. The lowest BCUT2D eigenvalue weighted by Crippen LogP contribution is -1.87. The minimum Gasteiger partial charge on any atom is -0.494 e. The zero-order chi connectivity index (χ0) is 16.4. The topological polar surface area (TPSA) is 60.0 Å². The maximum Gasteiger partial charge on any atom is 0.147 e. The van der Waals surface area contributed by atoms with Gasteiger partial charge < -0.3 is 10.5 Å². The standard InChI is InChI=1S/C19H19N3O/c1-12-4-7-15-14(10-12)6-9-18(23-3)19(15)22-21-17-8-5-13(2)11-16(17)20/h4-11H,20H2,1-3H3. The van der Waals surface area contributed by atoms with Gasteiger partial charge in [-0.15, -0.1) is 10.2 Å². The molecule has 116 valence electrons. The van der Waals surface area contributed by atoms with Crippen LogP contribution in [0.25, 0.3) is 10.8 Å². The molecule has 0 spiro atoms. The summed E-state index contributed by atoms with van der Waals surface area (Å²) in [4.78, 5) is 0. The zero-order valence-electron chi connectivity index (χ0n) is 13.5. The zero-order valence-corrected chi connectivity index (χ0v) is 13.5. The summed E-state index contributed by atoms with van der Waals surface area (Å²) in [7, 11) is 1.63. The van der Waals surface area contributed by atoms with Crippen LogP contribution < -0.4 is 10.5 Å². The van der Waals surface area contributed by atoms with Crippen molar-refractivity contribution in [3.8, 4) is 5.75 Å². The van der Waals surface area contributed by atoms with Gasteiger partial charge in [-0.1, -0.05) is 35.9 Å². The van der Waals surface area contributed by atoms with E-state index >= 15 is 0 Å². The molecule has 0 bridgehead atoms. The molecule has 23 heavy (non-hydrogen) atoms. The molecule has 0 aromatic heterocycles. The highest BCUT2D eigenvalue weighted by Gasteiger charge is 2.08. The Morgan fingerprint density at radius 2 is 1.61 bits per heavy atom. The van der Waals surface area contributed by atoms with E-state index in [0.29, 0.717) is 22.8 Å². The summed E-state index contributed by atoms with van der Waals surface area (Å²) in [6, 6.07) is 15.9. The first-order chi connectivity index (χ1) is 11.1. The average Bonchev–Trinajstić information content (AvgIpc) is 2.53. The van der Waals surface area contributed by atoms with Crippen molar-refractivity contribution >= 4 is 27.8 Å². The molecule has 3 aromatic carbocycles. The Morgan fingerprint density at radius 1 is 0.870 bits per heavy atom. The summed E-state index contributed by atoms with van der Waals surface area (Å²) in [6.45, 7) is 4.06. The predicted octanol–water partition coefficient (Wildman–Crippen LogP) is 5.46. The molecule has 3 rings (SSSR count). The quantitative estimate of drug-likeness (QED) is 0.515. The van der Waals surface area contributed by atoms with E-state index in [1.165, 1.54) is 5.56 Å². The third-order valence-electron chi connectivity index (χ3n) is 3.77. The van der Waals surface area contributed by atoms with Gasteiger partial charge in [-0.25, -0.2) is 0 Å². The molecular formula is C19H19N3O. The molecule has 0 aliphatic rings. The van der Waals surface area contributed by atoms with Crippen molar-refractivity contribution in [2.75, 3.05) is 12.8 Å². The first kappa shape index (κ1) is 15.0. The van der Waals surface area contributed by atoms with E-state index in [4.69, 9.17) is 10.5 Å². The Bertz CT molecular complexity index is 901. The molecule has 0 atom stereocenters. The first-order valence-corrected chi connectivity index (χ1v) is 7.44.